The highest BCUT2D eigenvalue weighted by atomic mass is 32.2. The highest BCUT2D eigenvalue weighted by Gasteiger charge is 2.40. The molecule has 0 aromatic carbocycles. The van der Waals surface area contributed by atoms with Crippen LogP contribution in [0.3, 0.4) is 0 Å². The van der Waals surface area contributed by atoms with Gasteiger partial charge in [-0.3, -0.25) is 14.6 Å². The van der Waals surface area contributed by atoms with E-state index in [0.717, 1.165) is 35.5 Å². The molecule has 41 heavy (non-hydrogen) atoms. The zero-order chi connectivity index (χ0) is 30.3. The number of esters is 1. The van der Waals surface area contributed by atoms with Crippen molar-refractivity contribution in [1.29, 1.82) is 0 Å². The maximum absolute atomic E-state index is 13.7. The lowest BCUT2D eigenvalue weighted by atomic mass is 10.0. The van der Waals surface area contributed by atoms with Crippen LogP contribution in [0.1, 0.15) is 73.6 Å². The molecule has 0 aromatic rings. The predicted octanol–water partition coefficient (Wildman–Crippen LogP) is 5.19. The molecule has 1 fully saturated rings. The minimum absolute atomic E-state index is 0.0408. The molecule has 3 unspecified atom stereocenters. The van der Waals surface area contributed by atoms with E-state index in [1.54, 1.807) is 25.9 Å². The van der Waals surface area contributed by atoms with Crippen molar-refractivity contribution in [3.8, 4) is 0 Å². The van der Waals surface area contributed by atoms with Gasteiger partial charge in [0.15, 0.2) is 0 Å². The zero-order valence-electron chi connectivity index (χ0n) is 26.1. The second-order valence-corrected chi connectivity index (χ2v) is 13.2. The van der Waals surface area contributed by atoms with E-state index in [0.29, 0.717) is 25.1 Å². The molecule has 0 aromatic heterocycles. The van der Waals surface area contributed by atoms with Crippen LogP contribution in [0.5, 0.6) is 0 Å². The van der Waals surface area contributed by atoms with Crippen molar-refractivity contribution in [2.24, 2.45) is 16.8 Å². The van der Waals surface area contributed by atoms with Gasteiger partial charge in [0.25, 0.3) is 0 Å². The normalized spacial score (nSPS) is 33.2. The molecule has 0 aliphatic carbocycles. The fourth-order valence-corrected chi connectivity index (χ4v) is 7.02. The molecule has 0 spiro atoms. The van der Waals surface area contributed by atoms with Gasteiger partial charge in [-0.05, 0) is 51.9 Å². The number of carbonyl (C=O) groups is 3. The van der Waals surface area contributed by atoms with Crippen LogP contribution < -0.4 is 0 Å². The third kappa shape index (κ3) is 8.80. The van der Waals surface area contributed by atoms with Crippen LogP contribution in [-0.2, 0) is 23.9 Å². The number of ether oxygens (including phenoxy) is 2. The molecule has 0 N–H and O–H groups in total. The van der Waals surface area contributed by atoms with Gasteiger partial charge in [0.05, 0.1) is 17.2 Å². The Bertz CT molecular complexity index is 1080. The van der Waals surface area contributed by atoms with Crippen LogP contribution in [-0.4, -0.2) is 89.4 Å². The van der Waals surface area contributed by atoms with Gasteiger partial charge in [0.1, 0.15) is 18.2 Å². The molecular weight excluding hydrogens is 538 g/mol. The number of rotatable bonds is 4. The van der Waals surface area contributed by atoms with Gasteiger partial charge in [-0.2, -0.15) is 0 Å². The van der Waals surface area contributed by atoms with Gasteiger partial charge in [-0.15, -0.1) is 11.8 Å². The van der Waals surface area contributed by atoms with Crippen molar-refractivity contribution in [2.45, 2.75) is 104 Å². The summed E-state index contributed by atoms with van der Waals surface area (Å²) in [6.07, 6.45) is 11.5. The number of likely N-dealkylation sites (N-methyl/N-ethyl adjacent to an activating group) is 1. The molecule has 1 saturated heterocycles. The Balaban J connectivity index is 1.96. The number of cyclic esters (lactones) is 1. The lowest BCUT2D eigenvalue weighted by Crippen LogP contribution is -2.50. The standard InChI is InChI=1S/C32H49N3O5S/c1-20(2)28-32(38)40-25(18-24(6)39-8)17-22(4)13-10-9-12-21(3)16-23(5)30(36)35-15-11-14-27(35)29-33-26(19-41-29)31(37)34(28)7/h9-10,13,16,20-21,24-28H,11-12,14-15,17-19H2,1-8H3/b10-9+,22-13+,23-16+/t21?,24?,25?,26-,27+,28+/m1/s1. The summed E-state index contributed by atoms with van der Waals surface area (Å²) in [5.41, 5.74) is 1.83. The first-order valence-corrected chi connectivity index (χ1v) is 15.9. The van der Waals surface area contributed by atoms with E-state index in [4.69, 9.17) is 14.5 Å². The summed E-state index contributed by atoms with van der Waals surface area (Å²) in [5, 5.41) is 0.844. The summed E-state index contributed by atoms with van der Waals surface area (Å²) in [5.74, 6) is 0.00930. The maximum atomic E-state index is 13.7. The Hall–Kier alpha value is -2.39. The summed E-state index contributed by atoms with van der Waals surface area (Å²) < 4.78 is 11.6. The molecule has 6 atom stereocenters. The highest BCUT2D eigenvalue weighted by Crippen LogP contribution is 2.31. The van der Waals surface area contributed by atoms with E-state index >= 15 is 0 Å². The molecule has 8 nitrogen and oxygen atoms in total. The first kappa shape index (κ1) is 33.1. The van der Waals surface area contributed by atoms with E-state index in [-0.39, 0.29) is 41.9 Å². The van der Waals surface area contributed by atoms with Crippen LogP contribution in [0, 0.1) is 11.8 Å². The van der Waals surface area contributed by atoms with Crippen LogP contribution in [0.25, 0.3) is 0 Å². The molecule has 3 aliphatic heterocycles. The van der Waals surface area contributed by atoms with Gasteiger partial charge in [-0.1, -0.05) is 50.6 Å². The Labute approximate surface area is 250 Å². The largest absolute Gasteiger partial charge is 0.460 e. The smallest absolute Gasteiger partial charge is 0.329 e. The number of thioether (sulfide) groups is 1. The van der Waals surface area contributed by atoms with Crippen molar-refractivity contribution in [1.82, 2.24) is 9.80 Å². The van der Waals surface area contributed by atoms with Crippen LogP contribution >= 0.6 is 11.8 Å². The Morgan fingerprint density at radius 1 is 1.20 bits per heavy atom. The number of hydrogen-bond donors (Lipinski definition) is 0. The summed E-state index contributed by atoms with van der Waals surface area (Å²) in [4.78, 5) is 48.9. The third-order valence-corrected chi connectivity index (χ3v) is 9.28. The lowest BCUT2D eigenvalue weighted by molar-refractivity contribution is -0.162. The predicted molar refractivity (Wildman–Crippen MR) is 166 cm³/mol. The van der Waals surface area contributed by atoms with Crippen LogP contribution in [0.15, 0.2) is 40.4 Å². The third-order valence-electron chi connectivity index (χ3n) is 8.12. The van der Waals surface area contributed by atoms with Gasteiger partial charge < -0.3 is 19.3 Å². The first-order valence-electron chi connectivity index (χ1n) is 14.9. The SMILES string of the molecule is COC(C)CC1C/C(C)=C/C=C/CC(C)/C=C(\C)C(=O)N2CCC[C@H]2C2=N[C@H](CS2)C(=O)N(C)[C@@H](C(C)C)C(=O)O1. The molecule has 0 radical (unpaired) electrons. The summed E-state index contributed by atoms with van der Waals surface area (Å²) in [7, 11) is 3.32. The summed E-state index contributed by atoms with van der Waals surface area (Å²) >= 11 is 1.55. The quantitative estimate of drug-likeness (QED) is 0.421. The van der Waals surface area contributed by atoms with E-state index in [1.807, 2.05) is 51.7 Å². The fraction of sp³-hybridized carbons (Fsp3) is 0.688. The van der Waals surface area contributed by atoms with E-state index in [2.05, 4.69) is 19.1 Å². The van der Waals surface area contributed by atoms with Gasteiger partial charge in [0.2, 0.25) is 11.8 Å². The second-order valence-electron chi connectivity index (χ2n) is 12.1. The van der Waals surface area contributed by atoms with Gasteiger partial charge >= 0.3 is 5.97 Å². The lowest BCUT2D eigenvalue weighted by Gasteiger charge is -2.32. The zero-order valence-corrected chi connectivity index (χ0v) is 26.9. The number of allylic oxidation sites excluding steroid dienone is 4. The summed E-state index contributed by atoms with van der Waals surface area (Å²) in [6.45, 7) is 12.5. The van der Waals surface area contributed by atoms with Crippen LogP contribution in [0.4, 0.5) is 0 Å². The highest BCUT2D eigenvalue weighted by molar-refractivity contribution is 8.14. The molecule has 0 saturated carbocycles. The number of amides is 2. The maximum Gasteiger partial charge on any atom is 0.329 e. The van der Waals surface area contributed by atoms with E-state index in [1.165, 1.54) is 4.90 Å². The van der Waals surface area contributed by atoms with Crippen molar-refractivity contribution in [3.63, 3.8) is 0 Å². The van der Waals surface area contributed by atoms with E-state index < -0.39 is 18.1 Å². The molecule has 3 aliphatic rings. The number of aliphatic imine (C=N–C) groups is 1. The van der Waals surface area contributed by atoms with Gasteiger partial charge in [-0.25, -0.2) is 4.79 Å². The molecule has 3 heterocycles. The van der Waals surface area contributed by atoms with Crippen molar-refractivity contribution in [3.05, 3.63) is 35.5 Å². The van der Waals surface area contributed by atoms with Crippen molar-refractivity contribution < 1.29 is 23.9 Å². The Morgan fingerprint density at radius 3 is 2.61 bits per heavy atom. The molecule has 3 rings (SSSR count). The molecule has 2 amide bonds. The van der Waals surface area contributed by atoms with Crippen molar-refractivity contribution in [2.75, 3.05) is 26.5 Å². The fourth-order valence-electron chi connectivity index (χ4n) is 5.84. The number of fused-ring (bicyclic) bond motifs is 3. The molecule has 2 bridgehead atoms. The molecular formula is C32H49N3O5S. The topological polar surface area (TPSA) is 88.5 Å². The average Bonchev–Trinajstić information content (AvgIpc) is 3.59. The average molecular weight is 588 g/mol. The number of hydrogen-bond acceptors (Lipinski definition) is 7. The van der Waals surface area contributed by atoms with Crippen LogP contribution in [0.2, 0.25) is 0 Å². The minimum Gasteiger partial charge on any atom is -0.460 e. The number of methoxy groups -OCH3 is 1. The second kappa shape index (κ2) is 15.2. The van der Waals surface area contributed by atoms with E-state index in [9.17, 15) is 14.4 Å². The minimum atomic E-state index is -0.732. The monoisotopic (exact) mass is 587 g/mol. The Morgan fingerprint density at radius 2 is 1.93 bits per heavy atom. The van der Waals surface area contributed by atoms with Crippen molar-refractivity contribution >= 4 is 34.6 Å². The number of carbonyl (C=O) groups excluding carboxylic acids is 3. The summed E-state index contributed by atoms with van der Waals surface area (Å²) in [6, 6.07) is -1.42. The Kier molecular flexibility index (Phi) is 12.3. The number of nitrogens with zero attached hydrogens (tertiary/aromatic N) is 3. The first-order chi connectivity index (χ1) is 19.4. The molecule has 228 valence electrons. The molecule has 9 heteroatoms. The van der Waals surface area contributed by atoms with Gasteiger partial charge in [0, 0.05) is 44.9 Å².